The summed E-state index contributed by atoms with van der Waals surface area (Å²) < 4.78 is 0. The van der Waals surface area contributed by atoms with Crippen LogP contribution in [0.4, 0.5) is 0 Å². The zero-order valence-electron chi connectivity index (χ0n) is 11.1. The number of carbonyl (C=O) groups excluding carboxylic acids is 1. The largest absolute Gasteiger partial charge is 0.336 e. The lowest BCUT2D eigenvalue weighted by molar-refractivity contribution is -0.128. The molecule has 2 saturated heterocycles. The van der Waals surface area contributed by atoms with Crippen LogP contribution in [0.1, 0.15) is 30.0 Å². The molecule has 0 aliphatic carbocycles. The van der Waals surface area contributed by atoms with Crippen molar-refractivity contribution in [1.29, 1.82) is 0 Å². The molecule has 106 valence electrons. The second-order valence-corrected chi connectivity index (χ2v) is 6.60. The molecule has 3 rings (SSSR count). The summed E-state index contributed by atoms with van der Waals surface area (Å²) in [6.07, 6.45) is 2.99. The van der Waals surface area contributed by atoms with Gasteiger partial charge in [0, 0.05) is 18.3 Å². The van der Waals surface area contributed by atoms with Gasteiger partial charge in [0.1, 0.15) is 0 Å². The van der Waals surface area contributed by atoms with Crippen molar-refractivity contribution >= 4 is 29.7 Å². The van der Waals surface area contributed by atoms with Gasteiger partial charge in [-0.05, 0) is 38.3 Å². The summed E-state index contributed by atoms with van der Waals surface area (Å²) in [6, 6.07) is 0. The summed E-state index contributed by atoms with van der Waals surface area (Å²) in [7, 11) is 0. The van der Waals surface area contributed by atoms with Gasteiger partial charge in [-0.2, -0.15) is 0 Å². The number of hydrogen-bond donors (Lipinski definition) is 1. The molecule has 6 heteroatoms. The van der Waals surface area contributed by atoms with Crippen molar-refractivity contribution in [2.45, 2.75) is 32.7 Å². The Hall–Kier alpha value is -0.650. The van der Waals surface area contributed by atoms with Crippen molar-refractivity contribution < 1.29 is 4.79 Å². The van der Waals surface area contributed by atoms with E-state index in [1.807, 2.05) is 11.8 Å². The molecule has 1 amide bonds. The Balaban J connectivity index is 0.00000133. The predicted molar refractivity (Wildman–Crippen MR) is 78.7 cm³/mol. The number of likely N-dealkylation sites (tertiary alicyclic amines) is 1. The first-order chi connectivity index (χ1) is 8.67. The van der Waals surface area contributed by atoms with Crippen molar-refractivity contribution in [2.75, 3.05) is 19.6 Å². The number of nitrogens with one attached hydrogen (secondary N) is 1. The first-order valence-electron chi connectivity index (χ1n) is 6.56. The van der Waals surface area contributed by atoms with Gasteiger partial charge in [-0.25, -0.2) is 4.98 Å². The van der Waals surface area contributed by atoms with Crippen molar-refractivity contribution in [3.8, 4) is 0 Å². The van der Waals surface area contributed by atoms with E-state index in [0.717, 1.165) is 49.6 Å². The first kappa shape index (κ1) is 14.8. The Kier molecular flexibility index (Phi) is 4.48. The minimum Gasteiger partial charge on any atom is -0.336 e. The maximum absolute atomic E-state index is 12.1. The van der Waals surface area contributed by atoms with E-state index in [-0.39, 0.29) is 17.8 Å². The molecular formula is C13H20ClN3OS. The zero-order chi connectivity index (χ0) is 12.6. The molecule has 0 bridgehead atoms. The number of aromatic nitrogens is 1. The van der Waals surface area contributed by atoms with Gasteiger partial charge in [-0.1, -0.05) is 0 Å². The van der Waals surface area contributed by atoms with E-state index in [4.69, 9.17) is 0 Å². The third-order valence-corrected chi connectivity index (χ3v) is 4.91. The lowest BCUT2D eigenvalue weighted by atomic mass is 9.78. The molecular weight excluding hydrogens is 282 g/mol. The SMILES string of the molecule is Cc1nc(CN2CC3(CCNCC3)CC2=O)cs1.Cl. The normalized spacial score (nSPS) is 21.7. The summed E-state index contributed by atoms with van der Waals surface area (Å²) in [4.78, 5) is 18.6. The number of halogens is 1. The minimum absolute atomic E-state index is 0. The number of amides is 1. The van der Waals surface area contributed by atoms with E-state index in [0.29, 0.717) is 12.5 Å². The van der Waals surface area contributed by atoms with Crippen LogP contribution in [0.25, 0.3) is 0 Å². The summed E-state index contributed by atoms with van der Waals surface area (Å²) in [5.41, 5.74) is 1.28. The molecule has 2 aliphatic heterocycles. The third-order valence-electron chi connectivity index (χ3n) is 4.09. The molecule has 0 atom stereocenters. The van der Waals surface area contributed by atoms with Crippen LogP contribution < -0.4 is 5.32 Å². The second-order valence-electron chi connectivity index (χ2n) is 5.53. The average Bonchev–Trinajstić information content (AvgIpc) is 2.86. The van der Waals surface area contributed by atoms with Gasteiger partial charge in [0.2, 0.25) is 5.91 Å². The average molecular weight is 302 g/mol. The standard InChI is InChI=1S/C13H19N3OS.ClH/c1-10-15-11(8-18-10)7-16-9-13(6-12(16)17)2-4-14-5-3-13;/h8,14H,2-7,9H2,1H3;1H. The minimum atomic E-state index is 0. The van der Waals surface area contributed by atoms with E-state index in [1.54, 1.807) is 11.3 Å². The summed E-state index contributed by atoms with van der Waals surface area (Å²) in [5, 5.41) is 6.52. The number of hydrogen-bond acceptors (Lipinski definition) is 4. The Bertz CT molecular complexity index is 456. The van der Waals surface area contributed by atoms with Gasteiger partial charge >= 0.3 is 0 Å². The quantitative estimate of drug-likeness (QED) is 0.908. The fourth-order valence-corrected chi connectivity index (χ4v) is 3.70. The van der Waals surface area contributed by atoms with Crippen molar-refractivity contribution in [3.05, 3.63) is 16.1 Å². The van der Waals surface area contributed by atoms with E-state index in [9.17, 15) is 4.79 Å². The monoisotopic (exact) mass is 301 g/mol. The molecule has 0 unspecified atom stereocenters. The van der Waals surface area contributed by atoms with Crippen LogP contribution in [0.15, 0.2) is 5.38 Å². The van der Waals surface area contributed by atoms with Crippen molar-refractivity contribution in [3.63, 3.8) is 0 Å². The fourth-order valence-electron chi connectivity index (χ4n) is 3.09. The van der Waals surface area contributed by atoms with E-state index in [1.165, 1.54) is 0 Å². The van der Waals surface area contributed by atoms with Crippen molar-refractivity contribution in [2.24, 2.45) is 5.41 Å². The van der Waals surface area contributed by atoms with Gasteiger partial charge in [-0.15, -0.1) is 23.7 Å². The maximum atomic E-state index is 12.1. The lowest BCUT2D eigenvalue weighted by Gasteiger charge is -2.32. The van der Waals surface area contributed by atoms with Crippen LogP contribution >= 0.6 is 23.7 Å². The summed E-state index contributed by atoms with van der Waals surface area (Å²) in [6.45, 7) is 5.73. The van der Waals surface area contributed by atoms with Gasteiger partial charge in [0.15, 0.2) is 0 Å². The molecule has 1 aromatic heterocycles. The molecule has 2 fully saturated rings. The second kappa shape index (κ2) is 5.77. The number of aryl methyl sites for hydroxylation is 1. The van der Waals surface area contributed by atoms with E-state index < -0.39 is 0 Å². The highest BCUT2D eigenvalue weighted by Gasteiger charge is 2.43. The molecule has 0 aromatic carbocycles. The Labute approximate surface area is 124 Å². The van der Waals surface area contributed by atoms with Crippen LogP contribution in [-0.4, -0.2) is 35.4 Å². The van der Waals surface area contributed by atoms with Crippen LogP contribution in [-0.2, 0) is 11.3 Å². The Morgan fingerprint density at radius 3 is 2.84 bits per heavy atom. The Morgan fingerprint density at radius 1 is 1.47 bits per heavy atom. The van der Waals surface area contributed by atoms with Crippen LogP contribution in [0.2, 0.25) is 0 Å². The van der Waals surface area contributed by atoms with Crippen LogP contribution in [0.3, 0.4) is 0 Å². The van der Waals surface area contributed by atoms with Crippen LogP contribution in [0.5, 0.6) is 0 Å². The molecule has 0 saturated carbocycles. The predicted octanol–water partition coefficient (Wildman–Crippen LogP) is 1.98. The van der Waals surface area contributed by atoms with E-state index >= 15 is 0 Å². The molecule has 4 nitrogen and oxygen atoms in total. The molecule has 3 heterocycles. The maximum Gasteiger partial charge on any atom is 0.223 e. The first-order valence-corrected chi connectivity index (χ1v) is 7.44. The zero-order valence-corrected chi connectivity index (χ0v) is 12.8. The molecule has 1 spiro atoms. The number of rotatable bonds is 2. The summed E-state index contributed by atoms with van der Waals surface area (Å²) in [5.74, 6) is 0.308. The highest BCUT2D eigenvalue weighted by molar-refractivity contribution is 7.09. The molecule has 1 N–H and O–H groups in total. The van der Waals surface area contributed by atoms with Gasteiger partial charge in [-0.3, -0.25) is 4.79 Å². The van der Waals surface area contributed by atoms with E-state index in [2.05, 4.69) is 15.7 Å². The van der Waals surface area contributed by atoms with Gasteiger partial charge < -0.3 is 10.2 Å². The van der Waals surface area contributed by atoms with Gasteiger partial charge in [0.25, 0.3) is 0 Å². The Morgan fingerprint density at radius 2 is 2.21 bits per heavy atom. The summed E-state index contributed by atoms with van der Waals surface area (Å²) >= 11 is 1.66. The topological polar surface area (TPSA) is 45.2 Å². The molecule has 1 aromatic rings. The smallest absolute Gasteiger partial charge is 0.223 e. The highest BCUT2D eigenvalue weighted by atomic mass is 35.5. The number of carbonyl (C=O) groups is 1. The van der Waals surface area contributed by atoms with Crippen molar-refractivity contribution in [1.82, 2.24) is 15.2 Å². The molecule has 0 radical (unpaired) electrons. The molecule has 19 heavy (non-hydrogen) atoms. The van der Waals surface area contributed by atoms with Gasteiger partial charge in [0.05, 0.1) is 17.2 Å². The number of piperidine rings is 1. The molecule has 2 aliphatic rings. The number of thiazole rings is 1. The lowest BCUT2D eigenvalue weighted by Crippen LogP contribution is -2.38. The number of nitrogens with zero attached hydrogens (tertiary/aromatic N) is 2. The fraction of sp³-hybridized carbons (Fsp3) is 0.692. The highest BCUT2D eigenvalue weighted by Crippen LogP contribution is 2.39. The van der Waals surface area contributed by atoms with Crippen LogP contribution in [0, 0.1) is 12.3 Å². The third kappa shape index (κ3) is 3.09.